The summed E-state index contributed by atoms with van der Waals surface area (Å²) in [6.45, 7) is 6.73. The highest BCUT2D eigenvalue weighted by Crippen LogP contribution is 2.19. The Morgan fingerprint density at radius 3 is 1.27 bits per heavy atom. The van der Waals surface area contributed by atoms with Crippen molar-refractivity contribution in [2.24, 2.45) is 16.5 Å². The van der Waals surface area contributed by atoms with Crippen LogP contribution in [-0.2, 0) is 19.1 Å². The largest absolute Gasteiger partial charge is 0.464 e. The van der Waals surface area contributed by atoms with Crippen LogP contribution in [0.25, 0.3) is 0 Å². The van der Waals surface area contributed by atoms with Crippen molar-refractivity contribution >= 4 is 23.7 Å². The molecule has 0 fully saturated rings. The first-order chi connectivity index (χ1) is 21.4. The second kappa shape index (κ2) is 30.9. The minimum absolute atomic E-state index is 0.0188. The molecule has 4 N–H and O–H groups in total. The Bertz CT molecular complexity index is 702. The third-order valence-electron chi connectivity index (χ3n) is 8.33. The Labute approximate surface area is 270 Å². The predicted octanol–water partition coefficient (Wildman–Crippen LogP) is 8.73. The minimum Gasteiger partial charge on any atom is -0.464 e. The molecule has 2 amide bonds. The van der Waals surface area contributed by atoms with E-state index in [0.717, 1.165) is 38.5 Å². The number of unbranched alkanes of at least 4 members (excludes halogenated alkanes) is 20. The van der Waals surface area contributed by atoms with Gasteiger partial charge in [-0.2, -0.15) is 0 Å². The van der Waals surface area contributed by atoms with Crippen LogP contribution in [0.5, 0.6) is 0 Å². The molecular formula is C36H70N4O4. The number of ether oxygens (including phenoxy) is 1. The van der Waals surface area contributed by atoms with E-state index in [2.05, 4.69) is 18.8 Å². The Morgan fingerprint density at radius 1 is 0.568 bits per heavy atom. The van der Waals surface area contributed by atoms with Crippen molar-refractivity contribution in [3.63, 3.8) is 0 Å². The molecule has 0 aliphatic carbocycles. The maximum atomic E-state index is 13.5. The molecule has 0 aliphatic heterocycles. The molecule has 0 saturated heterocycles. The molecule has 0 heterocycles. The Hall–Kier alpha value is -2.12. The van der Waals surface area contributed by atoms with E-state index in [1.54, 1.807) is 6.92 Å². The van der Waals surface area contributed by atoms with Crippen molar-refractivity contribution in [2.45, 2.75) is 194 Å². The molecule has 0 aromatic rings. The van der Waals surface area contributed by atoms with Gasteiger partial charge in [0.2, 0.25) is 11.8 Å². The van der Waals surface area contributed by atoms with E-state index in [1.165, 1.54) is 108 Å². The molecule has 0 bridgehead atoms. The van der Waals surface area contributed by atoms with E-state index in [0.29, 0.717) is 13.0 Å². The van der Waals surface area contributed by atoms with Crippen molar-refractivity contribution in [2.75, 3.05) is 13.2 Å². The number of hydrogen-bond donors (Lipinski definition) is 2. The first-order valence-corrected chi connectivity index (χ1v) is 18.5. The highest BCUT2D eigenvalue weighted by molar-refractivity contribution is 5.99. The molecule has 44 heavy (non-hydrogen) atoms. The van der Waals surface area contributed by atoms with Gasteiger partial charge in [-0.15, -0.1) is 0 Å². The highest BCUT2D eigenvalue weighted by Gasteiger charge is 2.34. The fraction of sp³-hybridized carbons (Fsp3) is 0.889. The number of hydrogen-bond acceptors (Lipinski definition) is 5. The molecule has 0 radical (unpaired) electrons. The van der Waals surface area contributed by atoms with E-state index >= 15 is 0 Å². The van der Waals surface area contributed by atoms with Gasteiger partial charge in [0.15, 0.2) is 5.96 Å². The molecule has 1 atom stereocenters. The van der Waals surface area contributed by atoms with Gasteiger partial charge in [0.1, 0.15) is 6.04 Å². The number of carbonyl (C=O) groups excluding carboxylic acids is 3. The van der Waals surface area contributed by atoms with E-state index < -0.39 is 12.0 Å². The van der Waals surface area contributed by atoms with Crippen LogP contribution in [0.3, 0.4) is 0 Å². The quantitative estimate of drug-likeness (QED) is 0.0344. The average molecular weight is 623 g/mol. The van der Waals surface area contributed by atoms with Crippen LogP contribution in [-0.4, -0.2) is 47.8 Å². The summed E-state index contributed by atoms with van der Waals surface area (Å²) in [6, 6.07) is -0.940. The lowest BCUT2D eigenvalue weighted by molar-refractivity contribution is -0.161. The van der Waals surface area contributed by atoms with Crippen molar-refractivity contribution < 1.29 is 19.1 Å². The van der Waals surface area contributed by atoms with Gasteiger partial charge >= 0.3 is 5.97 Å². The molecule has 258 valence electrons. The zero-order chi connectivity index (χ0) is 32.7. The van der Waals surface area contributed by atoms with E-state index in [-0.39, 0.29) is 43.6 Å². The SMILES string of the molecule is CCCCCCCCCCCCCC(=O)N(C(=O)CCCCCCCCCCCCC)[C@@H](CCCN=C(N)N)C(=O)OCC. The first-order valence-electron chi connectivity index (χ1n) is 18.5. The highest BCUT2D eigenvalue weighted by atomic mass is 16.5. The second-order valence-electron chi connectivity index (χ2n) is 12.4. The number of guanidine groups is 1. The smallest absolute Gasteiger partial charge is 0.329 e. The van der Waals surface area contributed by atoms with Crippen molar-refractivity contribution in [3.05, 3.63) is 0 Å². The van der Waals surface area contributed by atoms with Crippen LogP contribution >= 0.6 is 0 Å². The average Bonchev–Trinajstić information content (AvgIpc) is 2.99. The summed E-state index contributed by atoms with van der Waals surface area (Å²) in [4.78, 5) is 45.1. The van der Waals surface area contributed by atoms with E-state index in [4.69, 9.17) is 16.2 Å². The Morgan fingerprint density at radius 2 is 0.932 bits per heavy atom. The number of nitrogens with two attached hydrogens (primary N) is 2. The molecule has 0 aliphatic rings. The van der Waals surface area contributed by atoms with Crippen LogP contribution in [0, 0.1) is 0 Å². The van der Waals surface area contributed by atoms with Crippen molar-refractivity contribution in [1.82, 2.24) is 4.90 Å². The van der Waals surface area contributed by atoms with E-state index in [9.17, 15) is 14.4 Å². The van der Waals surface area contributed by atoms with Gasteiger partial charge in [-0.3, -0.25) is 19.5 Å². The molecule has 0 aromatic heterocycles. The Kier molecular flexibility index (Phi) is 29.4. The molecule has 0 spiro atoms. The number of nitrogens with zero attached hydrogens (tertiary/aromatic N) is 2. The summed E-state index contributed by atoms with van der Waals surface area (Å²) in [6.07, 6.45) is 27.4. The molecular weight excluding hydrogens is 552 g/mol. The topological polar surface area (TPSA) is 128 Å². The predicted molar refractivity (Wildman–Crippen MR) is 184 cm³/mol. The normalized spacial score (nSPS) is 11.7. The number of esters is 1. The standard InChI is InChI=1S/C36H70N4O4/c1-4-7-9-11-13-15-17-19-21-23-25-29-33(41)40(32(35(43)44-6-3)28-27-31-39-36(37)38)34(42)30-26-24-22-20-18-16-14-12-10-8-5-2/h32H,4-31H2,1-3H3,(H4,37,38,39)/t32-/m0/s1. The first kappa shape index (κ1) is 41.9. The summed E-state index contributed by atoms with van der Waals surface area (Å²) in [5, 5.41) is 0. The molecule has 0 rings (SSSR count). The van der Waals surface area contributed by atoms with Crippen LogP contribution in [0.1, 0.15) is 188 Å². The molecule has 8 nitrogen and oxygen atoms in total. The van der Waals surface area contributed by atoms with Gasteiger partial charge in [-0.1, -0.05) is 142 Å². The number of imide groups is 1. The van der Waals surface area contributed by atoms with Gasteiger partial charge in [-0.25, -0.2) is 4.79 Å². The Balaban J connectivity index is 4.89. The van der Waals surface area contributed by atoms with Gasteiger partial charge in [0.25, 0.3) is 0 Å². The van der Waals surface area contributed by atoms with Crippen molar-refractivity contribution in [1.29, 1.82) is 0 Å². The lowest BCUT2D eigenvalue weighted by Crippen LogP contribution is -2.49. The fourth-order valence-corrected chi connectivity index (χ4v) is 5.69. The second-order valence-corrected chi connectivity index (χ2v) is 12.4. The summed E-state index contributed by atoms with van der Waals surface area (Å²) >= 11 is 0. The summed E-state index contributed by atoms with van der Waals surface area (Å²) in [5.41, 5.74) is 10.9. The number of rotatable bonds is 31. The van der Waals surface area contributed by atoms with Gasteiger partial charge in [0.05, 0.1) is 6.61 Å². The molecule has 0 saturated carbocycles. The van der Waals surface area contributed by atoms with Crippen LogP contribution in [0.4, 0.5) is 0 Å². The summed E-state index contributed by atoms with van der Waals surface area (Å²) in [7, 11) is 0. The number of carbonyl (C=O) groups is 3. The lowest BCUT2D eigenvalue weighted by Gasteiger charge is -2.29. The van der Waals surface area contributed by atoms with Gasteiger partial charge < -0.3 is 16.2 Å². The summed E-state index contributed by atoms with van der Waals surface area (Å²) in [5.74, 6) is -1.09. The molecule has 8 heteroatoms. The fourth-order valence-electron chi connectivity index (χ4n) is 5.69. The minimum atomic E-state index is -0.940. The maximum Gasteiger partial charge on any atom is 0.329 e. The monoisotopic (exact) mass is 623 g/mol. The number of aliphatic imine (C=N–C) groups is 1. The van der Waals surface area contributed by atoms with E-state index in [1.807, 2.05) is 0 Å². The number of amides is 2. The van der Waals surface area contributed by atoms with Crippen LogP contribution in [0.2, 0.25) is 0 Å². The van der Waals surface area contributed by atoms with Crippen LogP contribution < -0.4 is 11.5 Å². The third kappa shape index (κ3) is 24.2. The molecule has 0 aromatic carbocycles. The molecule has 0 unspecified atom stereocenters. The van der Waals surface area contributed by atoms with Crippen molar-refractivity contribution in [3.8, 4) is 0 Å². The van der Waals surface area contributed by atoms with Gasteiger partial charge in [-0.05, 0) is 32.6 Å². The lowest BCUT2D eigenvalue weighted by atomic mass is 10.0. The maximum absolute atomic E-state index is 13.5. The van der Waals surface area contributed by atoms with Gasteiger partial charge in [0, 0.05) is 19.4 Å². The zero-order valence-electron chi connectivity index (χ0n) is 29.1. The third-order valence-corrected chi connectivity index (χ3v) is 8.33. The zero-order valence-corrected chi connectivity index (χ0v) is 29.1. The van der Waals surface area contributed by atoms with Crippen LogP contribution in [0.15, 0.2) is 4.99 Å². The summed E-state index contributed by atoms with van der Waals surface area (Å²) < 4.78 is 5.32.